The number of anilines is 2. The summed E-state index contributed by atoms with van der Waals surface area (Å²) in [5.41, 5.74) is 2.93. The van der Waals surface area contributed by atoms with Crippen LogP contribution in [0, 0.1) is 0 Å². The van der Waals surface area contributed by atoms with Crippen molar-refractivity contribution in [3.05, 3.63) is 85.2 Å². The van der Waals surface area contributed by atoms with Gasteiger partial charge in [-0.2, -0.15) is 0 Å². The van der Waals surface area contributed by atoms with Gasteiger partial charge in [0.25, 0.3) is 0 Å². The average Bonchev–Trinajstić information content (AvgIpc) is 2.41. The molecule has 90 valence electrons. The molecule has 0 saturated heterocycles. The van der Waals surface area contributed by atoms with Crippen molar-refractivity contribution in [2.24, 2.45) is 0 Å². The predicted molar refractivity (Wildman–Crippen MR) is 78.4 cm³/mol. The lowest BCUT2D eigenvalue weighted by Crippen LogP contribution is -1.95. The van der Waals surface area contributed by atoms with Gasteiger partial charge in [0.1, 0.15) is 0 Å². The maximum Gasteiger partial charge on any atom is 0.0384 e. The van der Waals surface area contributed by atoms with E-state index in [2.05, 4.69) is 17.2 Å². The molecule has 0 fully saturated rings. The number of hydrogen-bond donors (Lipinski definition) is 2. The molecule has 2 aromatic carbocycles. The van der Waals surface area contributed by atoms with Crippen LogP contribution in [0.2, 0.25) is 0 Å². The highest BCUT2D eigenvalue weighted by Crippen LogP contribution is 2.09. The number of rotatable bonds is 5. The molecule has 0 saturated carbocycles. The Morgan fingerprint density at radius 3 is 2.00 bits per heavy atom. The Hall–Kier alpha value is -2.48. The van der Waals surface area contributed by atoms with Gasteiger partial charge in [-0.05, 0) is 30.3 Å². The van der Waals surface area contributed by atoms with E-state index in [1.54, 1.807) is 0 Å². The summed E-state index contributed by atoms with van der Waals surface area (Å²) in [6.45, 7) is 3.94. The Morgan fingerprint density at radius 2 is 1.39 bits per heavy atom. The van der Waals surface area contributed by atoms with Gasteiger partial charge in [-0.25, -0.2) is 0 Å². The van der Waals surface area contributed by atoms with Gasteiger partial charge in [0, 0.05) is 23.3 Å². The highest BCUT2D eigenvalue weighted by molar-refractivity contribution is 5.51. The topological polar surface area (TPSA) is 24.1 Å². The van der Waals surface area contributed by atoms with Crippen LogP contribution in [0.4, 0.5) is 11.4 Å². The lowest BCUT2D eigenvalue weighted by molar-refractivity contribution is 1.48. The third-order valence-electron chi connectivity index (χ3n) is 2.39. The molecule has 2 N–H and O–H groups in total. The van der Waals surface area contributed by atoms with Gasteiger partial charge in [0.2, 0.25) is 0 Å². The van der Waals surface area contributed by atoms with Gasteiger partial charge in [-0.1, -0.05) is 43.0 Å². The third-order valence-corrected chi connectivity index (χ3v) is 2.39. The zero-order valence-electron chi connectivity index (χ0n) is 10.1. The van der Waals surface area contributed by atoms with E-state index in [0.29, 0.717) is 0 Å². The molecule has 2 rings (SSSR count). The number of hydrogen-bond acceptors (Lipinski definition) is 2. The van der Waals surface area contributed by atoms with Gasteiger partial charge in [-0.3, -0.25) is 0 Å². The highest BCUT2D eigenvalue weighted by atomic mass is 14.9. The molecule has 0 atom stereocenters. The summed E-state index contributed by atoms with van der Waals surface area (Å²) in [6, 6.07) is 20.0. The lowest BCUT2D eigenvalue weighted by atomic mass is 10.3. The molecule has 18 heavy (non-hydrogen) atoms. The van der Waals surface area contributed by atoms with E-state index in [0.717, 1.165) is 17.1 Å². The van der Waals surface area contributed by atoms with Gasteiger partial charge in [-0.15, -0.1) is 0 Å². The Balaban J connectivity index is 1.85. The zero-order chi connectivity index (χ0) is 12.6. The van der Waals surface area contributed by atoms with Crippen LogP contribution >= 0.6 is 0 Å². The maximum absolute atomic E-state index is 3.94. The zero-order valence-corrected chi connectivity index (χ0v) is 10.1. The van der Waals surface area contributed by atoms with Crippen molar-refractivity contribution in [1.29, 1.82) is 0 Å². The summed E-state index contributed by atoms with van der Waals surface area (Å²) < 4.78 is 0. The molecule has 0 aliphatic rings. The van der Waals surface area contributed by atoms with Gasteiger partial charge in [0.05, 0.1) is 0 Å². The van der Waals surface area contributed by atoms with Crippen molar-refractivity contribution in [2.45, 2.75) is 0 Å². The molecule has 0 aliphatic heterocycles. The normalized spacial score (nSPS) is 10.2. The van der Waals surface area contributed by atoms with Crippen LogP contribution in [0.5, 0.6) is 0 Å². The smallest absolute Gasteiger partial charge is 0.0384 e. The fourth-order valence-electron chi connectivity index (χ4n) is 1.52. The molecule has 0 aliphatic carbocycles. The minimum atomic E-state index is 0.838. The number of nitrogens with one attached hydrogen (secondary N) is 2. The minimum absolute atomic E-state index is 0.838. The van der Waals surface area contributed by atoms with Crippen molar-refractivity contribution in [3.63, 3.8) is 0 Å². The minimum Gasteiger partial charge on any atom is -0.362 e. The SMILES string of the molecule is C=C(/C=C/Nc1ccccc1)Nc1ccccc1. The van der Waals surface area contributed by atoms with Crippen molar-refractivity contribution in [3.8, 4) is 0 Å². The largest absolute Gasteiger partial charge is 0.362 e. The first-order valence-electron chi connectivity index (χ1n) is 5.84. The fourth-order valence-corrected chi connectivity index (χ4v) is 1.52. The van der Waals surface area contributed by atoms with Crippen LogP contribution in [-0.2, 0) is 0 Å². The number of benzene rings is 2. The summed E-state index contributed by atoms with van der Waals surface area (Å²) in [6.07, 6.45) is 3.77. The molecule has 0 amide bonds. The number of allylic oxidation sites excluding steroid dienone is 1. The van der Waals surface area contributed by atoms with Crippen LogP contribution in [0.15, 0.2) is 85.2 Å². The molecule has 0 radical (unpaired) electrons. The second-order valence-electron chi connectivity index (χ2n) is 3.86. The Morgan fingerprint density at radius 1 is 0.833 bits per heavy atom. The van der Waals surface area contributed by atoms with E-state index < -0.39 is 0 Å². The standard InChI is InChI=1S/C16H16N2/c1-14(18-16-10-6-3-7-11-16)12-13-17-15-8-4-2-5-9-15/h2-13,17-18H,1H2/b13-12+. The van der Waals surface area contributed by atoms with Gasteiger partial charge >= 0.3 is 0 Å². The molecular weight excluding hydrogens is 220 g/mol. The molecular formula is C16H16N2. The van der Waals surface area contributed by atoms with Crippen molar-refractivity contribution in [2.75, 3.05) is 10.6 Å². The predicted octanol–water partition coefficient (Wildman–Crippen LogP) is 4.24. The van der Waals surface area contributed by atoms with Crippen LogP contribution < -0.4 is 10.6 Å². The average molecular weight is 236 g/mol. The second kappa shape index (κ2) is 6.30. The molecule has 2 nitrogen and oxygen atoms in total. The second-order valence-corrected chi connectivity index (χ2v) is 3.86. The first-order valence-corrected chi connectivity index (χ1v) is 5.84. The van der Waals surface area contributed by atoms with Crippen LogP contribution in [0.3, 0.4) is 0 Å². The Labute approximate surface area is 108 Å². The Bertz CT molecular complexity index is 515. The monoisotopic (exact) mass is 236 g/mol. The highest BCUT2D eigenvalue weighted by Gasteiger charge is 1.90. The van der Waals surface area contributed by atoms with E-state index >= 15 is 0 Å². The molecule has 0 aromatic heterocycles. The Kier molecular flexibility index (Phi) is 4.20. The molecule has 2 heteroatoms. The molecule has 0 unspecified atom stereocenters. The third kappa shape index (κ3) is 3.83. The van der Waals surface area contributed by atoms with Crippen LogP contribution in [0.1, 0.15) is 0 Å². The van der Waals surface area contributed by atoms with Gasteiger partial charge < -0.3 is 10.6 Å². The summed E-state index contributed by atoms with van der Waals surface area (Å²) in [5.74, 6) is 0. The van der Waals surface area contributed by atoms with Crippen molar-refractivity contribution in [1.82, 2.24) is 0 Å². The summed E-state index contributed by atoms with van der Waals surface area (Å²) >= 11 is 0. The molecule has 2 aromatic rings. The summed E-state index contributed by atoms with van der Waals surface area (Å²) in [4.78, 5) is 0. The van der Waals surface area contributed by atoms with E-state index in [4.69, 9.17) is 0 Å². The van der Waals surface area contributed by atoms with Crippen molar-refractivity contribution >= 4 is 11.4 Å². The summed E-state index contributed by atoms with van der Waals surface area (Å²) in [7, 11) is 0. The first kappa shape index (κ1) is 12.0. The van der Waals surface area contributed by atoms with Gasteiger partial charge in [0.15, 0.2) is 0 Å². The van der Waals surface area contributed by atoms with E-state index in [1.165, 1.54) is 0 Å². The molecule has 0 bridgehead atoms. The van der Waals surface area contributed by atoms with E-state index in [-0.39, 0.29) is 0 Å². The summed E-state index contributed by atoms with van der Waals surface area (Å²) in [5, 5.41) is 6.39. The number of para-hydroxylation sites is 2. The fraction of sp³-hybridized carbons (Fsp3) is 0. The molecule has 0 heterocycles. The maximum atomic E-state index is 3.94. The van der Waals surface area contributed by atoms with Crippen LogP contribution in [0.25, 0.3) is 0 Å². The van der Waals surface area contributed by atoms with E-state index in [1.807, 2.05) is 72.9 Å². The quantitative estimate of drug-likeness (QED) is 0.759. The van der Waals surface area contributed by atoms with E-state index in [9.17, 15) is 0 Å². The molecule has 0 spiro atoms. The lowest BCUT2D eigenvalue weighted by Gasteiger charge is -2.05. The van der Waals surface area contributed by atoms with Crippen molar-refractivity contribution < 1.29 is 0 Å². The first-order chi connectivity index (χ1) is 8.84. The van der Waals surface area contributed by atoms with Crippen LogP contribution in [-0.4, -0.2) is 0 Å².